The van der Waals surface area contributed by atoms with Gasteiger partial charge in [0.25, 0.3) is 0 Å². The summed E-state index contributed by atoms with van der Waals surface area (Å²) in [6.45, 7) is 4.37. The van der Waals surface area contributed by atoms with Crippen molar-refractivity contribution in [1.29, 1.82) is 0 Å². The summed E-state index contributed by atoms with van der Waals surface area (Å²) >= 11 is 0. The van der Waals surface area contributed by atoms with E-state index in [4.69, 9.17) is 0 Å². The Bertz CT molecular complexity index is 167. The molecular weight excluding hydrogens is 292 g/mol. The first kappa shape index (κ1) is 9.91. The zero-order valence-corrected chi connectivity index (χ0v) is 9.23. The molecule has 0 atom stereocenters. The summed E-state index contributed by atoms with van der Waals surface area (Å²) in [4.78, 5) is 0. The fourth-order valence-corrected chi connectivity index (χ4v) is 0.766. The Morgan fingerprint density at radius 2 is 2.10 bits per heavy atom. The van der Waals surface area contributed by atoms with Gasteiger partial charge < -0.3 is 0 Å². The van der Waals surface area contributed by atoms with E-state index in [0.717, 1.165) is 0 Å². The van der Waals surface area contributed by atoms with Crippen LogP contribution < -0.4 is 0 Å². The minimum atomic E-state index is 0. The molecule has 1 aromatic carbocycles. The monoisotopic (exact) mass is 303 g/mol. The van der Waals surface area contributed by atoms with Crippen molar-refractivity contribution in [3.63, 3.8) is 0 Å². The maximum Gasteiger partial charge on any atom is 0 e. The standard InChI is InChI=1S/C9H11.W/c1-8(2)9-6-4-3-5-7-9;/h3-4,6-8H,1-2H3;/q-1;. The van der Waals surface area contributed by atoms with Crippen molar-refractivity contribution in [3.05, 3.63) is 35.9 Å². The maximum absolute atomic E-state index is 3.04. The zero-order valence-electron chi connectivity index (χ0n) is 6.29. The molecule has 0 aliphatic rings. The topological polar surface area (TPSA) is 0 Å². The van der Waals surface area contributed by atoms with Crippen molar-refractivity contribution in [3.8, 4) is 0 Å². The summed E-state index contributed by atoms with van der Waals surface area (Å²) in [6, 6.07) is 11.1. The molecule has 0 amide bonds. The van der Waals surface area contributed by atoms with E-state index in [0.29, 0.717) is 5.92 Å². The van der Waals surface area contributed by atoms with E-state index in [1.807, 2.05) is 18.2 Å². The molecule has 0 bridgehead atoms. The summed E-state index contributed by atoms with van der Waals surface area (Å²) in [5, 5.41) is 0. The van der Waals surface area contributed by atoms with Crippen molar-refractivity contribution >= 4 is 0 Å². The van der Waals surface area contributed by atoms with Crippen molar-refractivity contribution in [2.75, 3.05) is 0 Å². The molecule has 1 heteroatoms. The maximum atomic E-state index is 3.04. The Labute approximate surface area is 76.9 Å². The van der Waals surface area contributed by atoms with E-state index in [-0.39, 0.29) is 21.1 Å². The van der Waals surface area contributed by atoms with Crippen LogP contribution in [0, 0.1) is 6.07 Å². The molecule has 10 heavy (non-hydrogen) atoms. The van der Waals surface area contributed by atoms with Gasteiger partial charge in [0, 0.05) is 21.1 Å². The smallest absolute Gasteiger partial charge is 0 e. The average molecular weight is 303 g/mol. The van der Waals surface area contributed by atoms with Crippen LogP contribution in [-0.2, 0) is 21.1 Å². The molecule has 0 unspecified atom stereocenters. The fraction of sp³-hybridized carbons (Fsp3) is 0.333. The second-order valence-corrected chi connectivity index (χ2v) is 2.49. The first-order valence-corrected chi connectivity index (χ1v) is 3.26. The van der Waals surface area contributed by atoms with Crippen LogP contribution in [0.3, 0.4) is 0 Å². The van der Waals surface area contributed by atoms with E-state index >= 15 is 0 Å². The third-order valence-electron chi connectivity index (χ3n) is 1.40. The van der Waals surface area contributed by atoms with Crippen molar-refractivity contribution in [2.45, 2.75) is 19.8 Å². The Kier molecular flexibility index (Phi) is 4.64. The molecule has 0 saturated heterocycles. The molecule has 1 rings (SSSR count). The average Bonchev–Trinajstić information content (AvgIpc) is 1.90. The minimum Gasteiger partial charge on any atom is -0.184 e. The van der Waals surface area contributed by atoms with E-state index < -0.39 is 0 Å². The predicted octanol–water partition coefficient (Wildman–Crippen LogP) is 2.61. The third-order valence-corrected chi connectivity index (χ3v) is 1.40. The van der Waals surface area contributed by atoms with Crippen LogP contribution in [-0.4, -0.2) is 0 Å². The van der Waals surface area contributed by atoms with Crippen molar-refractivity contribution in [2.24, 2.45) is 0 Å². The Morgan fingerprint density at radius 1 is 1.40 bits per heavy atom. The van der Waals surface area contributed by atoms with Crippen LogP contribution in [0.5, 0.6) is 0 Å². The molecule has 0 aliphatic heterocycles. The van der Waals surface area contributed by atoms with Gasteiger partial charge in [0.05, 0.1) is 0 Å². The van der Waals surface area contributed by atoms with Gasteiger partial charge in [-0.15, -0.1) is 0 Å². The summed E-state index contributed by atoms with van der Waals surface area (Å²) in [7, 11) is 0. The van der Waals surface area contributed by atoms with E-state index in [1.54, 1.807) is 0 Å². The molecule has 0 nitrogen and oxygen atoms in total. The molecule has 0 aliphatic carbocycles. The number of benzene rings is 1. The van der Waals surface area contributed by atoms with Crippen LogP contribution in [0.1, 0.15) is 25.3 Å². The van der Waals surface area contributed by atoms with Gasteiger partial charge in [-0.1, -0.05) is 19.8 Å². The predicted molar refractivity (Wildman–Crippen MR) is 39.4 cm³/mol. The SMILES string of the molecule is CC(C)c1c[c-]ccc1.[W]. The van der Waals surface area contributed by atoms with Crippen LogP contribution >= 0.6 is 0 Å². The van der Waals surface area contributed by atoms with Crippen LogP contribution in [0.25, 0.3) is 0 Å². The van der Waals surface area contributed by atoms with Crippen LogP contribution in [0.2, 0.25) is 0 Å². The fourth-order valence-electron chi connectivity index (χ4n) is 0.766. The van der Waals surface area contributed by atoms with Gasteiger partial charge >= 0.3 is 0 Å². The summed E-state index contributed by atoms with van der Waals surface area (Å²) in [5.74, 6) is 0.627. The molecule has 0 radical (unpaired) electrons. The molecule has 54 valence electrons. The molecule has 0 aromatic heterocycles. The summed E-state index contributed by atoms with van der Waals surface area (Å²) in [6.07, 6.45) is 0. The molecule has 0 spiro atoms. The molecule has 0 fully saturated rings. The van der Waals surface area contributed by atoms with E-state index in [9.17, 15) is 0 Å². The number of rotatable bonds is 1. The first-order valence-electron chi connectivity index (χ1n) is 3.26. The van der Waals surface area contributed by atoms with E-state index in [2.05, 4.69) is 26.0 Å². The minimum absolute atomic E-state index is 0. The molecule has 0 heterocycles. The van der Waals surface area contributed by atoms with Gasteiger partial charge in [0.1, 0.15) is 0 Å². The molecule has 0 N–H and O–H groups in total. The molecular formula is C9H11W-. The van der Waals surface area contributed by atoms with Gasteiger partial charge in [-0.05, 0) is 0 Å². The second-order valence-electron chi connectivity index (χ2n) is 2.49. The second kappa shape index (κ2) is 4.68. The van der Waals surface area contributed by atoms with Gasteiger partial charge in [-0.2, -0.15) is 35.9 Å². The molecule has 1 aromatic rings. The molecule has 0 saturated carbocycles. The summed E-state index contributed by atoms with van der Waals surface area (Å²) < 4.78 is 0. The van der Waals surface area contributed by atoms with Crippen molar-refractivity contribution in [1.82, 2.24) is 0 Å². The summed E-state index contributed by atoms with van der Waals surface area (Å²) in [5.41, 5.74) is 1.36. The third kappa shape index (κ3) is 2.66. The van der Waals surface area contributed by atoms with E-state index in [1.165, 1.54) is 5.56 Å². The van der Waals surface area contributed by atoms with Crippen LogP contribution in [0.15, 0.2) is 24.3 Å². The normalized spacial score (nSPS) is 9.10. The largest absolute Gasteiger partial charge is 0.184 e. The number of hydrogen-bond acceptors (Lipinski definition) is 0. The van der Waals surface area contributed by atoms with Gasteiger partial charge in [0.15, 0.2) is 0 Å². The Balaban J connectivity index is 0.000000810. The van der Waals surface area contributed by atoms with Gasteiger partial charge in [-0.3, -0.25) is 0 Å². The number of hydrogen-bond donors (Lipinski definition) is 0. The Hall–Kier alpha value is -0.0917. The van der Waals surface area contributed by atoms with Gasteiger partial charge in [-0.25, -0.2) is 0 Å². The van der Waals surface area contributed by atoms with Crippen molar-refractivity contribution < 1.29 is 21.1 Å². The Morgan fingerprint density at radius 3 is 2.40 bits per heavy atom. The van der Waals surface area contributed by atoms with Gasteiger partial charge in [0.2, 0.25) is 0 Å². The first-order chi connectivity index (χ1) is 4.30. The quantitative estimate of drug-likeness (QED) is 0.700. The van der Waals surface area contributed by atoms with Crippen LogP contribution in [0.4, 0.5) is 0 Å². The zero-order chi connectivity index (χ0) is 6.69.